The SMILES string of the molecule is Cc1[nH]c(NN)nc1-c1ccc2c(c1)OCO2. The topological polar surface area (TPSA) is 85.2 Å². The Labute approximate surface area is 97.7 Å². The van der Waals surface area contributed by atoms with Gasteiger partial charge in [-0.25, -0.2) is 10.8 Å². The van der Waals surface area contributed by atoms with Crippen molar-refractivity contribution in [3.05, 3.63) is 23.9 Å². The van der Waals surface area contributed by atoms with Crippen molar-refractivity contribution in [2.45, 2.75) is 6.92 Å². The van der Waals surface area contributed by atoms with Crippen LogP contribution in [0.15, 0.2) is 18.2 Å². The lowest BCUT2D eigenvalue weighted by molar-refractivity contribution is 0.174. The third kappa shape index (κ3) is 1.58. The number of nitrogens with zero attached hydrogens (tertiary/aromatic N) is 1. The second-order valence-electron chi connectivity index (χ2n) is 3.77. The number of nitrogens with one attached hydrogen (secondary N) is 2. The lowest BCUT2D eigenvalue weighted by atomic mass is 10.1. The van der Waals surface area contributed by atoms with E-state index >= 15 is 0 Å². The number of aryl methyl sites for hydroxylation is 1. The normalized spacial score (nSPS) is 12.8. The minimum Gasteiger partial charge on any atom is -0.454 e. The molecule has 0 saturated heterocycles. The van der Waals surface area contributed by atoms with Crippen LogP contribution in [0.4, 0.5) is 5.95 Å². The molecule has 2 aromatic rings. The summed E-state index contributed by atoms with van der Waals surface area (Å²) >= 11 is 0. The van der Waals surface area contributed by atoms with Gasteiger partial charge in [0, 0.05) is 11.3 Å². The molecule has 6 nitrogen and oxygen atoms in total. The van der Waals surface area contributed by atoms with E-state index in [9.17, 15) is 0 Å². The predicted molar refractivity (Wildman–Crippen MR) is 62.7 cm³/mol. The van der Waals surface area contributed by atoms with E-state index in [1.165, 1.54) is 0 Å². The maximum absolute atomic E-state index is 5.33. The van der Waals surface area contributed by atoms with E-state index in [1.54, 1.807) is 0 Å². The number of hydrogen-bond acceptors (Lipinski definition) is 5. The van der Waals surface area contributed by atoms with Gasteiger partial charge in [0.05, 0.1) is 5.69 Å². The number of imidazole rings is 1. The Hall–Kier alpha value is -2.21. The number of rotatable bonds is 2. The Morgan fingerprint density at radius 1 is 1.35 bits per heavy atom. The summed E-state index contributed by atoms with van der Waals surface area (Å²) in [6.07, 6.45) is 0. The zero-order valence-corrected chi connectivity index (χ0v) is 9.28. The summed E-state index contributed by atoms with van der Waals surface area (Å²) in [7, 11) is 0. The van der Waals surface area contributed by atoms with Crippen LogP contribution < -0.4 is 20.7 Å². The van der Waals surface area contributed by atoms with Crippen LogP contribution in [0.2, 0.25) is 0 Å². The predicted octanol–water partition coefficient (Wildman–Crippen LogP) is 1.40. The number of hydrazine groups is 1. The molecule has 17 heavy (non-hydrogen) atoms. The number of nitrogens with two attached hydrogens (primary N) is 1. The van der Waals surface area contributed by atoms with E-state index in [0.29, 0.717) is 5.95 Å². The highest BCUT2D eigenvalue weighted by Crippen LogP contribution is 2.36. The van der Waals surface area contributed by atoms with Gasteiger partial charge in [-0.15, -0.1) is 0 Å². The van der Waals surface area contributed by atoms with Gasteiger partial charge in [-0.1, -0.05) is 0 Å². The van der Waals surface area contributed by atoms with E-state index in [2.05, 4.69) is 15.4 Å². The van der Waals surface area contributed by atoms with Crippen LogP contribution in [0.1, 0.15) is 5.69 Å². The second-order valence-corrected chi connectivity index (χ2v) is 3.77. The monoisotopic (exact) mass is 232 g/mol. The first-order valence-corrected chi connectivity index (χ1v) is 5.21. The van der Waals surface area contributed by atoms with Gasteiger partial charge < -0.3 is 14.5 Å². The molecule has 0 aliphatic carbocycles. The molecule has 0 unspecified atom stereocenters. The summed E-state index contributed by atoms with van der Waals surface area (Å²) in [6, 6.07) is 5.73. The average molecular weight is 232 g/mol. The smallest absolute Gasteiger partial charge is 0.231 e. The van der Waals surface area contributed by atoms with Crippen molar-refractivity contribution in [1.29, 1.82) is 0 Å². The van der Waals surface area contributed by atoms with Crippen LogP contribution in [0, 0.1) is 6.92 Å². The molecule has 0 spiro atoms. The third-order valence-corrected chi connectivity index (χ3v) is 2.67. The highest BCUT2D eigenvalue weighted by molar-refractivity contribution is 5.67. The molecule has 4 N–H and O–H groups in total. The molecule has 1 aliphatic rings. The van der Waals surface area contributed by atoms with Crippen molar-refractivity contribution in [2.24, 2.45) is 5.84 Å². The van der Waals surface area contributed by atoms with Crippen LogP contribution in [-0.2, 0) is 0 Å². The average Bonchev–Trinajstić information content (AvgIpc) is 2.93. The first kappa shape index (κ1) is 9.98. The van der Waals surface area contributed by atoms with E-state index in [1.807, 2.05) is 25.1 Å². The number of benzene rings is 1. The fraction of sp³-hybridized carbons (Fsp3) is 0.182. The minimum atomic E-state index is 0.272. The molecule has 3 rings (SSSR count). The van der Waals surface area contributed by atoms with Crippen LogP contribution >= 0.6 is 0 Å². The quantitative estimate of drug-likeness (QED) is 0.538. The molecule has 88 valence electrons. The molecular formula is C11H12N4O2. The molecule has 0 fully saturated rings. The first-order valence-electron chi connectivity index (χ1n) is 5.21. The van der Waals surface area contributed by atoms with Gasteiger partial charge in [0.25, 0.3) is 0 Å². The summed E-state index contributed by atoms with van der Waals surface area (Å²) in [5.41, 5.74) is 5.24. The summed E-state index contributed by atoms with van der Waals surface area (Å²) in [6.45, 7) is 2.21. The molecular weight excluding hydrogens is 220 g/mol. The maximum atomic E-state index is 5.33. The second kappa shape index (κ2) is 3.67. The number of H-pyrrole nitrogens is 1. The van der Waals surface area contributed by atoms with E-state index in [-0.39, 0.29) is 6.79 Å². The Morgan fingerprint density at radius 2 is 2.18 bits per heavy atom. The molecule has 0 saturated carbocycles. The molecule has 0 radical (unpaired) electrons. The van der Waals surface area contributed by atoms with Crippen molar-refractivity contribution >= 4 is 5.95 Å². The number of aromatic amines is 1. The van der Waals surface area contributed by atoms with E-state index in [0.717, 1.165) is 28.5 Å². The zero-order valence-electron chi connectivity index (χ0n) is 9.28. The van der Waals surface area contributed by atoms with Crippen LogP contribution in [0.5, 0.6) is 11.5 Å². The van der Waals surface area contributed by atoms with Crippen molar-refractivity contribution < 1.29 is 9.47 Å². The van der Waals surface area contributed by atoms with E-state index < -0.39 is 0 Å². The summed E-state index contributed by atoms with van der Waals surface area (Å²) < 4.78 is 10.6. The highest BCUT2D eigenvalue weighted by Gasteiger charge is 2.16. The Bertz CT molecular complexity index is 565. The van der Waals surface area contributed by atoms with Gasteiger partial charge in [-0.2, -0.15) is 0 Å². The molecule has 0 atom stereocenters. The van der Waals surface area contributed by atoms with Crippen molar-refractivity contribution in [1.82, 2.24) is 9.97 Å². The number of hydrogen-bond donors (Lipinski definition) is 3. The van der Waals surface area contributed by atoms with Gasteiger partial charge in [0.2, 0.25) is 12.7 Å². The van der Waals surface area contributed by atoms with Crippen molar-refractivity contribution in [3.63, 3.8) is 0 Å². The molecule has 1 aromatic heterocycles. The molecule has 6 heteroatoms. The fourth-order valence-electron chi connectivity index (χ4n) is 1.85. The zero-order chi connectivity index (χ0) is 11.8. The van der Waals surface area contributed by atoms with Crippen LogP contribution in [-0.4, -0.2) is 16.8 Å². The third-order valence-electron chi connectivity index (χ3n) is 2.67. The van der Waals surface area contributed by atoms with Gasteiger partial charge in [0.15, 0.2) is 11.5 Å². The lowest BCUT2D eigenvalue weighted by Gasteiger charge is -2.00. The summed E-state index contributed by atoms with van der Waals surface area (Å²) in [5, 5.41) is 0. The molecule has 1 aromatic carbocycles. The van der Waals surface area contributed by atoms with Gasteiger partial charge in [-0.05, 0) is 25.1 Å². The standard InChI is InChI=1S/C11H12N4O2/c1-6-10(14-11(13-6)15-12)7-2-3-8-9(4-7)17-5-16-8/h2-4H,5,12H2,1H3,(H2,13,14,15). The molecule has 0 amide bonds. The molecule has 1 aliphatic heterocycles. The Kier molecular flexibility index (Phi) is 2.15. The number of ether oxygens (including phenoxy) is 2. The van der Waals surface area contributed by atoms with Gasteiger partial charge in [-0.3, -0.25) is 5.43 Å². The van der Waals surface area contributed by atoms with Gasteiger partial charge in [0.1, 0.15) is 0 Å². The molecule has 2 heterocycles. The highest BCUT2D eigenvalue weighted by atomic mass is 16.7. The summed E-state index contributed by atoms with van der Waals surface area (Å²) in [5.74, 6) is 7.35. The van der Waals surface area contributed by atoms with Crippen molar-refractivity contribution in [2.75, 3.05) is 12.2 Å². The number of fused-ring (bicyclic) bond motifs is 1. The van der Waals surface area contributed by atoms with Crippen LogP contribution in [0.25, 0.3) is 11.3 Å². The summed E-state index contributed by atoms with van der Waals surface area (Å²) in [4.78, 5) is 7.38. The minimum absolute atomic E-state index is 0.272. The largest absolute Gasteiger partial charge is 0.454 e. The number of aromatic nitrogens is 2. The lowest BCUT2D eigenvalue weighted by Crippen LogP contribution is -2.07. The Balaban J connectivity index is 2.06. The Morgan fingerprint density at radius 3 is 2.94 bits per heavy atom. The van der Waals surface area contributed by atoms with E-state index in [4.69, 9.17) is 15.3 Å². The fourth-order valence-corrected chi connectivity index (χ4v) is 1.85. The first-order chi connectivity index (χ1) is 8.28. The molecule has 0 bridgehead atoms. The van der Waals surface area contributed by atoms with Crippen LogP contribution in [0.3, 0.4) is 0 Å². The number of anilines is 1. The number of nitrogen functional groups attached to an aromatic ring is 1. The maximum Gasteiger partial charge on any atom is 0.231 e. The van der Waals surface area contributed by atoms with Crippen molar-refractivity contribution in [3.8, 4) is 22.8 Å². The van der Waals surface area contributed by atoms with Gasteiger partial charge >= 0.3 is 0 Å².